The van der Waals surface area contributed by atoms with E-state index >= 15 is 0 Å². The third-order valence-electron chi connectivity index (χ3n) is 2.83. The molecule has 5 heteroatoms. The molecule has 19 heavy (non-hydrogen) atoms. The number of amides is 2. The Balaban J connectivity index is 2.80. The molecule has 0 aromatic heterocycles. The highest BCUT2D eigenvalue weighted by atomic mass is 16.4. The molecule has 2 amide bonds. The Kier molecular flexibility index (Phi) is 5.36. The average Bonchev–Trinajstić information content (AvgIpc) is 2.28. The Morgan fingerprint density at radius 2 is 2.05 bits per heavy atom. The lowest BCUT2D eigenvalue weighted by Crippen LogP contribution is -2.36. The van der Waals surface area contributed by atoms with Crippen molar-refractivity contribution in [3.05, 3.63) is 29.3 Å². The van der Waals surface area contributed by atoms with Crippen LogP contribution in [0.25, 0.3) is 0 Å². The van der Waals surface area contributed by atoms with Gasteiger partial charge in [0.05, 0.1) is 11.3 Å². The van der Waals surface area contributed by atoms with Crippen LogP contribution in [0, 0.1) is 6.92 Å². The summed E-state index contributed by atoms with van der Waals surface area (Å²) in [6.45, 7) is 5.66. The molecule has 0 spiro atoms. The fourth-order valence-electron chi connectivity index (χ4n) is 1.94. The Labute approximate surface area is 113 Å². The number of nitrogens with one attached hydrogen (secondary N) is 2. The zero-order chi connectivity index (χ0) is 14.4. The van der Waals surface area contributed by atoms with Gasteiger partial charge in [-0.05, 0) is 31.9 Å². The second kappa shape index (κ2) is 6.78. The van der Waals surface area contributed by atoms with Crippen molar-refractivity contribution in [3.8, 4) is 0 Å². The first-order valence-electron chi connectivity index (χ1n) is 6.36. The summed E-state index contributed by atoms with van der Waals surface area (Å²) in [7, 11) is 0. The van der Waals surface area contributed by atoms with Crippen LogP contribution in [0.1, 0.15) is 42.6 Å². The molecule has 1 rings (SSSR count). The predicted molar refractivity (Wildman–Crippen MR) is 74.7 cm³/mol. The minimum atomic E-state index is -1.05. The van der Waals surface area contributed by atoms with Gasteiger partial charge in [0, 0.05) is 6.04 Å². The van der Waals surface area contributed by atoms with Crippen molar-refractivity contribution in [3.63, 3.8) is 0 Å². The van der Waals surface area contributed by atoms with E-state index in [2.05, 4.69) is 10.6 Å². The molecule has 0 aliphatic heterocycles. The molecular formula is C14H20N2O3. The van der Waals surface area contributed by atoms with Crippen molar-refractivity contribution in [2.45, 2.75) is 39.7 Å². The molecule has 0 bridgehead atoms. The first-order valence-corrected chi connectivity index (χ1v) is 6.36. The number of carboxylic acids is 1. The topological polar surface area (TPSA) is 78.4 Å². The minimum Gasteiger partial charge on any atom is -0.478 e. The van der Waals surface area contributed by atoms with Gasteiger partial charge >= 0.3 is 12.0 Å². The summed E-state index contributed by atoms with van der Waals surface area (Å²) < 4.78 is 0. The van der Waals surface area contributed by atoms with Gasteiger partial charge in [0.15, 0.2) is 0 Å². The number of hydrogen-bond acceptors (Lipinski definition) is 2. The van der Waals surface area contributed by atoms with Crippen molar-refractivity contribution in [2.24, 2.45) is 0 Å². The highest BCUT2D eigenvalue weighted by Gasteiger charge is 2.15. The first kappa shape index (κ1) is 15.0. The Morgan fingerprint density at radius 3 is 2.63 bits per heavy atom. The van der Waals surface area contributed by atoms with Crippen molar-refractivity contribution in [2.75, 3.05) is 5.32 Å². The van der Waals surface area contributed by atoms with Gasteiger partial charge in [-0.3, -0.25) is 0 Å². The average molecular weight is 264 g/mol. The number of anilines is 1. The number of carboxylic acid groups (broad SMARTS) is 1. The fraction of sp³-hybridized carbons (Fsp3) is 0.429. The summed E-state index contributed by atoms with van der Waals surface area (Å²) in [6.07, 6.45) is 1.86. The monoisotopic (exact) mass is 264 g/mol. The van der Waals surface area contributed by atoms with E-state index in [9.17, 15) is 9.59 Å². The highest BCUT2D eigenvalue weighted by Crippen LogP contribution is 2.19. The molecule has 0 fully saturated rings. The lowest BCUT2D eigenvalue weighted by atomic mass is 10.1. The zero-order valence-corrected chi connectivity index (χ0v) is 11.5. The largest absolute Gasteiger partial charge is 0.478 e. The maximum absolute atomic E-state index is 11.8. The predicted octanol–water partition coefficient (Wildman–Crippen LogP) is 3.00. The lowest BCUT2D eigenvalue weighted by molar-refractivity contribution is 0.0697. The van der Waals surface area contributed by atoms with Crippen LogP contribution in [0.4, 0.5) is 10.5 Å². The van der Waals surface area contributed by atoms with E-state index in [0.29, 0.717) is 11.3 Å². The highest BCUT2D eigenvalue weighted by molar-refractivity contribution is 6.01. The summed E-state index contributed by atoms with van der Waals surface area (Å²) in [5.41, 5.74) is 1.06. The number of carbonyl (C=O) groups is 2. The molecule has 1 aromatic carbocycles. The van der Waals surface area contributed by atoms with Crippen LogP contribution in [0.15, 0.2) is 18.2 Å². The SMILES string of the molecule is CCCC(C)NC(=O)Nc1cccc(C)c1C(=O)O. The molecule has 3 N–H and O–H groups in total. The van der Waals surface area contributed by atoms with Crippen LogP contribution < -0.4 is 10.6 Å². The van der Waals surface area contributed by atoms with Crippen LogP contribution >= 0.6 is 0 Å². The van der Waals surface area contributed by atoms with Crippen molar-refractivity contribution >= 4 is 17.7 Å². The van der Waals surface area contributed by atoms with E-state index in [4.69, 9.17) is 5.11 Å². The molecule has 0 saturated carbocycles. The maximum Gasteiger partial charge on any atom is 0.338 e. The molecule has 1 atom stereocenters. The van der Waals surface area contributed by atoms with E-state index in [1.165, 1.54) is 0 Å². The van der Waals surface area contributed by atoms with E-state index in [1.807, 2.05) is 13.8 Å². The van der Waals surface area contributed by atoms with E-state index < -0.39 is 5.97 Å². The number of aryl methyl sites for hydroxylation is 1. The van der Waals surface area contributed by atoms with E-state index in [1.54, 1.807) is 25.1 Å². The molecular weight excluding hydrogens is 244 g/mol. The normalized spacial score (nSPS) is 11.7. The number of carbonyl (C=O) groups excluding carboxylic acids is 1. The maximum atomic E-state index is 11.8. The lowest BCUT2D eigenvalue weighted by Gasteiger charge is -2.15. The van der Waals surface area contributed by atoms with Crippen LogP contribution in [-0.2, 0) is 0 Å². The smallest absolute Gasteiger partial charge is 0.338 e. The van der Waals surface area contributed by atoms with Gasteiger partial charge in [0.2, 0.25) is 0 Å². The van der Waals surface area contributed by atoms with Gasteiger partial charge in [0.25, 0.3) is 0 Å². The first-order chi connectivity index (χ1) is 8.95. The number of benzene rings is 1. The second-order valence-electron chi connectivity index (χ2n) is 4.59. The zero-order valence-electron chi connectivity index (χ0n) is 11.5. The Hall–Kier alpha value is -2.04. The molecule has 0 aliphatic rings. The second-order valence-corrected chi connectivity index (χ2v) is 4.59. The molecule has 0 saturated heterocycles. The van der Waals surface area contributed by atoms with Crippen molar-refractivity contribution in [1.82, 2.24) is 5.32 Å². The number of rotatable bonds is 5. The molecule has 1 unspecified atom stereocenters. The standard InChI is InChI=1S/C14H20N2O3/c1-4-6-10(3)15-14(19)16-11-8-5-7-9(2)12(11)13(17)18/h5,7-8,10H,4,6H2,1-3H3,(H,17,18)(H2,15,16,19). The van der Waals surface area contributed by atoms with Gasteiger partial charge in [-0.25, -0.2) is 9.59 Å². The molecule has 0 heterocycles. The summed E-state index contributed by atoms with van der Waals surface area (Å²) >= 11 is 0. The van der Waals surface area contributed by atoms with Crippen molar-refractivity contribution < 1.29 is 14.7 Å². The number of hydrogen-bond donors (Lipinski definition) is 3. The molecule has 5 nitrogen and oxygen atoms in total. The van der Waals surface area contributed by atoms with Gasteiger partial charge in [-0.2, -0.15) is 0 Å². The van der Waals surface area contributed by atoms with Gasteiger partial charge in [-0.15, -0.1) is 0 Å². The van der Waals surface area contributed by atoms with Crippen LogP contribution in [0.2, 0.25) is 0 Å². The van der Waals surface area contributed by atoms with Crippen LogP contribution in [-0.4, -0.2) is 23.1 Å². The molecule has 104 valence electrons. The number of urea groups is 1. The van der Waals surface area contributed by atoms with Gasteiger partial charge in [0.1, 0.15) is 0 Å². The number of aromatic carboxylic acids is 1. The van der Waals surface area contributed by atoms with Crippen molar-refractivity contribution in [1.29, 1.82) is 0 Å². The molecule has 0 radical (unpaired) electrons. The molecule has 0 aliphatic carbocycles. The van der Waals surface area contributed by atoms with E-state index in [0.717, 1.165) is 12.8 Å². The third kappa shape index (κ3) is 4.28. The summed E-state index contributed by atoms with van der Waals surface area (Å²) in [5.74, 6) is -1.05. The van der Waals surface area contributed by atoms with E-state index in [-0.39, 0.29) is 17.6 Å². The van der Waals surface area contributed by atoms with Crippen LogP contribution in [0.5, 0.6) is 0 Å². The Bertz CT molecular complexity index is 472. The van der Waals surface area contributed by atoms with Crippen LogP contribution in [0.3, 0.4) is 0 Å². The summed E-state index contributed by atoms with van der Waals surface area (Å²) in [6, 6.07) is 4.68. The van der Waals surface area contributed by atoms with Gasteiger partial charge in [-0.1, -0.05) is 25.5 Å². The molecule has 1 aromatic rings. The minimum absolute atomic E-state index is 0.0584. The Morgan fingerprint density at radius 1 is 1.37 bits per heavy atom. The van der Waals surface area contributed by atoms with Gasteiger partial charge < -0.3 is 15.7 Å². The summed E-state index contributed by atoms with van der Waals surface area (Å²) in [5, 5.41) is 14.5. The quantitative estimate of drug-likeness (QED) is 0.765. The summed E-state index contributed by atoms with van der Waals surface area (Å²) in [4.78, 5) is 22.9. The fourth-order valence-corrected chi connectivity index (χ4v) is 1.94. The third-order valence-corrected chi connectivity index (χ3v) is 2.83.